The average molecular weight is 442 g/mol. The second kappa shape index (κ2) is 11.8. The number of hydrogen-bond acceptors (Lipinski definition) is 2. The van der Waals surface area contributed by atoms with Crippen molar-refractivity contribution in [2.45, 2.75) is 58.0 Å². The fourth-order valence-electron chi connectivity index (χ4n) is 3.97. The summed E-state index contributed by atoms with van der Waals surface area (Å²) in [7, 11) is 0. The molecule has 1 saturated carbocycles. The molecule has 1 amide bonds. The Hall–Kier alpha value is -2.47. The average Bonchev–Trinajstić information content (AvgIpc) is 2.79. The van der Waals surface area contributed by atoms with Crippen LogP contribution in [-0.4, -0.2) is 35.1 Å². The van der Waals surface area contributed by atoms with Crippen LogP contribution in [0.4, 0.5) is 4.39 Å². The summed E-state index contributed by atoms with van der Waals surface area (Å²) in [6, 6.07) is 15.2. The summed E-state index contributed by atoms with van der Waals surface area (Å²) in [5, 5.41) is 6.68. The predicted molar refractivity (Wildman–Crippen MR) is 127 cm³/mol. The van der Waals surface area contributed by atoms with E-state index >= 15 is 0 Å². The van der Waals surface area contributed by atoms with Crippen molar-refractivity contribution in [3.05, 3.63) is 71.0 Å². The molecule has 4 nitrogen and oxygen atoms in total. The molecule has 2 N–H and O–H groups in total. The number of hydrogen-bond donors (Lipinski definition) is 2. The molecule has 0 aliphatic heterocycles. The van der Waals surface area contributed by atoms with Crippen LogP contribution in [0.15, 0.2) is 48.5 Å². The van der Waals surface area contributed by atoms with Crippen LogP contribution in [0, 0.1) is 12.7 Å². The molecule has 2 aromatic carbocycles. The van der Waals surface area contributed by atoms with E-state index in [9.17, 15) is 9.18 Å². The SMILES string of the molecule is Cc1ccc(CCNC(=O)CNC(=S)N(Cc2ccc(F)cc2)C2CCCCC2)cc1. The maximum Gasteiger partial charge on any atom is 0.239 e. The van der Waals surface area contributed by atoms with Gasteiger partial charge in [0.15, 0.2) is 5.11 Å². The van der Waals surface area contributed by atoms with Crippen LogP contribution in [0.2, 0.25) is 0 Å². The van der Waals surface area contributed by atoms with E-state index in [1.165, 1.54) is 42.5 Å². The van der Waals surface area contributed by atoms with Gasteiger partial charge < -0.3 is 15.5 Å². The first kappa shape index (κ1) is 23.2. The molecule has 0 bridgehead atoms. The molecule has 3 rings (SSSR count). The first-order chi connectivity index (χ1) is 15.0. The van der Waals surface area contributed by atoms with Gasteiger partial charge in [0, 0.05) is 19.1 Å². The lowest BCUT2D eigenvalue weighted by Crippen LogP contribution is -2.48. The third-order valence-electron chi connectivity index (χ3n) is 5.80. The van der Waals surface area contributed by atoms with Gasteiger partial charge in [-0.3, -0.25) is 4.79 Å². The number of nitrogens with zero attached hydrogens (tertiary/aromatic N) is 1. The topological polar surface area (TPSA) is 44.4 Å². The van der Waals surface area contributed by atoms with Crippen LogP contribution < -0.4 is 10.6 Å². The van der Waals surface area contributed by atoms with Gasteiger partial charge in [0.05, 0.1) is 6.54 Å². The van der Waals surface area contributed by atoms with Crippen molar-refractivity contribution in [3.63, 3.8) is 0 Å². The molecule has 0 saturated heterocycles. The second-order valence-corrected chi connectivity index (χ2v) is 8.68. The Kier molecular flexibility index (Phi) is 8.83. The van der Waals surface area contributed by atoms with Gasteiger partial charge in [0.1, 0.15) is 5.82 Å². The molecule has 0 spiro atoms. The predicted octanol–water partition coefficient (Wildman–Crippen LogP) is 4.50. The minimum absolute atomic E-state index is 0.0696. The molecule has 2 aromatic rings. The molecule has 0 radical (unpaired) electrons. The van der Waals surface area contributed by atoms with Gasteiger partial charge in [-0.05, 0) is 61.7 Å². The fraction of sp³-hybridized carbons (Fsp3) is 0.440. The zero-order valence-corrected chi connectivity index (χ0v) is 19.0. The zero-order valence-electron chi connectivity index (χ0n) is 18.2. The fourth-order valence-corrected chi connectivity index (χ4v) is 4.25. The van der Waals surface area contributed by atoms with E-state index < -0.39 is 0 Å². The lowest BCUT2D eigenvalue weighted by Gasteiger charge is -2.36. The lowest BCUT2D eigenvalue weighted by molar-refractivity contribution is -0.120. The van der Waals surface area contributed by atoms with Crippen molar-refractivity contribution in [1.29, 1.82) is 0 Å². The van der Waals surface area contributed by atoms with Crippen molar-refractivity contribution >= 4 is 23.2 Å². The Morgan fingerprint density at radius 1 is 1.00 bits per heavy atom. The van der Waals surface area contributed by atoms with Crippen LogP contribution in [0.25, 0.3) is 0 Å². The van der Waals surface area contributed by atoms with Crippen LogP contribution in [0.1, 0.15) is 48.8 Å². The summed E-state index contributed by atoms with van der Waals surface area (Å²) in [6.07, 6.45) is 6.61. The molecule has 0 heterocycles. The molecule has 0 atom stereocenters. The monoisotopic (exact) mass is 441 g/mol. The van der Waals surface area contributed by atoms with Crippen molar-refractivity contribution in [3.8, 4) is 0 Å². The molecule has 6 heteroatoms. The van der Waals surface area contributed by atoms with E-state index in [1.54, 1.807) is 12.1 Å². The highest BCUT2D eigenvalue weighted by molar-refractivity contribution is 7.80. The third kappa shape index (κ3) is 7.62. The molecule has 0 aromatic heterocycles. The van der Waals surface area contributed by atoms with Crippen LogP contribution >= 0.6 is 12.2 Å². The Labute approximate surface area is 190 Å². The van der Waals surface area contributed by atoms with E-state index in [2.05, 4.69) is 46.7 Å². The minimum Gasteiger partial charge on any atom is -0.354 e. The molecular weight excluding hydrogens is 409 g/mol. The second-order valence-electron chi connectivity index (χ2n) is 8.29. The van der Waals surface area contributed by atoms with Crippen LogP contribution in [0.3, 0.4) is 0 Å². The standard InChI is InChI=1S/C25H32FN3OS/c1-19-7-9-20(10-8-19)15-16-27-24(30)17-28-25(31)29(23-5-3-2-4-6-23)18-21-11-13-22(26)14-12-21/h7-14,23H,2-6,15-18H2,1H3,(H,27,30)(H,28,31). The molecule has 1 aliphatic rings. The van der Waals surface area contributed by atoms with E-state index in [0.717, 1.165) is 24.8 Å². The van der Waals surface area contributed by atoms with Gasteiger partial charge in [0.2, 0.25) is 5.91 Å². The summed E-state index contributed by atoms with van der Waals surface area (Å²) in [4.78, 5) is 14.5. The molecule has 31 heavy (non-hydrogen) atoms. The highest BCUT2D eigenvalue weighted by atomic mass is 32.1. The van der Waals surface area contributed by atoms with Gasteiger partial charge in [-0.15, -0.1) is 0 Å². The van der Waals surface area contributed by atoms with Crippen LogP contribution in [0.5, 0.6) is 0 Å². The molecule has 1 aliphatic carbocycles. The zero-order chi connectivity index (χ0) is 22.1. The van der Waals surface area contributed by atoms with E-state index in [4.69, 9.17) is 12.2 Å². The van der Waals surface area contributed by atoms with Gasteiger partial charge in [-0.25, -0.2) is 4.39 Å². The Bertz CT molecular complexity index is 848. The van der Waals surface area contributed by atoms with E-state index in [1.807, 2.05) is 0 Å². The highest BCUT2D eigenvalue weighted by Gasteiger charge is 2.23. The van der Waals surface area contributed by atoms with Gasteiger partial charge in [-0.1, -0.05) is 61.2 Å². The smallest absolute Gasteiger partial charge is 0.239 e. The minimum atomic E-state index is -0.240. The van der Waals surface area contributed by atoms with Gasteiger partial charge in [-0.2, -0.15) is 0 Å². The van der Waals surface area contributed by atoms with Crippen LogP contribution in [-0.2, 0) is 17.8 Å². The van der Waals surface area contributed by atoms with Gasteiger partial charge in [0.25, 0.3) is 0 Å². The molecule has 1 fully saturated rings. The van der Waals surface area contributed by atoms with Crippen molar-refractivity contribution < 1.29 is 9.18 Å². The first-order valence-electron chi connectivity index (χ1n) is 11.1. The molecular formula is C25H32FN3OS. The number of carbonyl (C=O) groups is 1. The number of aryl methyl sites for hydroxylation is 1. The summed E-state index contributed by atoms with van der Waals surface area (Å²) in [5.74, 6) is -0.309. The maximum atomic E-state index is 13.3. The molecule has 0 unspecified atom stereocenters. The number of benzene rings is 2. The van der Waals surface area contributed by atoms with Gasteiger partial charge >= 0.3 is 0 Å². The normalized spacial score (nSPS) is 14.1. The Morgan fingerprint density at radius 3 is 2.32 bits per heavy atom. The summed E-state index contributed by atoms with van der Waals surface area (Å²) < 4.78 is 13.3. The number of halogens is 1. The van der Waals surface area contributed by atoms with E-state index in [0.29, 0.717) is 24.2 Å². The van der Waals surface area contributed by atoms with E-state index in [-0.39, 0.29) is 18.3 Å². The largest absolute Gasteiger partial charge is 0.354 e. The summed E-state index contributed by atoms with van der Waals surface area (Å²) in [6.45, 7) is 3.43. The number of amides is 1. The quantitative estimate of drug-likeness (QED) is 0.592. The number of thiocarbonyl (C=S) groups is 1. The number of rotatable bonds is 8. The van der Waals surface area contributed by atoms with Crippen molar-refractivity contribution in [1.82, 2.24) is 15.5 Å². The summed E-state index contributed by atoms with van der Waals surface area (Å²) >= 11 is 5.66. The number of carbonyl (C=O) groups excluding carboxylic acids is 1. The first-order valence-corrected chi connectivity index (χ1v) is 11.5. The number of nitrogens with one attached hydrogen (secondary N) is 2. The maximum absolute atomic E-state index is 13.3. The van der Waals surface area contributed by atoms with Crippen molar-refractivity contribution in [2.75, 3.05) is 13.1 Å². The third-order valence-corrected chi connectivity index (χ3v) is 6.18. The van der Waals surface area contributed by atoms with Crippen molar-refractivity contribution in [2.24, 2.45) is 0 Å². The Morgan fingerprint density at radius 2 is 1.65 bits per heavy atom. The lowest BCUT2D eigenvalue weighted by atomic mass is 9.94. The summed E-state index contributed by atoms with van der Waals surface area (Å²) in [5.41, 5.74) is 3.45. The molecule has 166 valence electrons. The highest BCUT2D eigenvalue weighted by Crippen LogP contribution is 2.24. The Balaban J connectivity index is 1.49.